The molecule has 0 saturated carbocycles. The quantitative estimate of drug-likeness (QED) is 0.669. The lowest BCUT2D eigenvalue weighted by Crippen LogP contribution is -2.44. The highest BCUT2D eigenvalue weighted by Crippen LogP contribution is 2.44. The highest BCUT2D eigenvalue weighted by Gasteiger charge is 2.32. The molecule has 1 aromatic heterocycles. The van der Waals surface area contributed by atoms with Gasteiger partial charge in [-0.3, -0.25) is 14.8 Å². The van der Waals surface area contributed by atoms with Crippen LogP contribution in [-0.2, 0) is 6.54 Å². The zero-order valence-electron chi connectivity index (χ0n) is 11.6. The minimum Gasteiger partial charge on any atom is -0.363 e. The number of fused-ring (bicyclic) bond motifs is 3. The van der Waals surface area contributed by atoms with Gasteiger partial charge in [-0.25, -0.2) is 0 Å². The van der Waals surface area contributed by atoms with Crippen molar-refractivity contribution in [3.63, 3.8) is 0 Å². The van der Waals surface area contributed by atoms with Crippen molar-refractivity contribution in [2.75, 3.05) is 25.0 Å². The average Bonchev–Trinajstić information content (AvgIpc) is 2.80. The van der Waals surface area contributed by atoms with Gasteiger partial charge in [-0.15, -0.1) is 0 Å². The van der Waals surface area contributed by atoms with Crippen LogP contribution in [0.2, 0.25) is 0 Å². The van der Waals surface area contributed by atoms with Gasteiger partial charge in [0.05, 0.1) is 29.4 Å². The Bertz CT molecular complexity index is 735. The minimum absolute atomic E-state index is 0.152. The van der Waals surface area contributed by atoms with E-state index in [1.165, 1.54) is 0 Å². The van der Waals surface area contributed by atoms with Gasteiger partial charge >= 0.3 is 0 Å². The molecular weight excluding hydrogens is 270 g/mol. The maximum Gasteiger partial charge on any atom is 0.293 e. The number of nitrogens with one attached hydrogen (secondary N) is 1. The van der Waals surface area contributed by atoms with Gasteiger partial charge in [-0.1, -0.05) is 12.1 Å². The maximum absolute atomic E-state index is 11.2. The fourth-order valence-corrected chi connectivity index (χ4v) is 3.13. The summed E-state index contributed by atoms with van der Waals surface area (Å²) in [6.07, 6.45) is 1.84. The van der Waals surface area contributed by atoms with Gasteiger partial charge in [-0.05, 0) is 0 Å². The smallest absolute Gasteiger partial charge is 0.293 e. The standard InChI is InChI=1S/C14H15N5O2/c1-17-8-13-11(7-16-18(13)9-5-15-6-9)10-3-2-4-12(14(10)17)19(20)21/h2-4,7,9,15H,5-6,8H2,1H3. The third kappa shape index (κ3) is 1.67. The molecule has 1 fully saturated rings. The predicted octanol–water partition coefficient (Wildman–Crippen LogP) is 1.55. The highest BCUT2D eigenvalue weighted by molar-refractivity contribution is 5.88. The van der Waals surface area contributed by atoms with E-state index in [9.17, 15) is 10.1 Å². The van der Waals surface area contributed by atoms with Gasteiger partial charge in [0, 0.05) is 37.3 Å². The number of nitro groups is 1. The number of anilines is 1. The first-order valence-corrected chi connectivity index (χ1v) is 6.93. The summed E-state index contributed by atoms with van der Waals surface area (Å²) in [5, 5.41) is 19.0. The van der Waals surface area contributed by atoms with E-state index in [4.69, 9.17) is 0 Å². The summed E-state index contributed by atoms with van der Waals surface area (Å²) in [6, 6.07) is 5.62. The zero-order chi connectivity index (χ0) is 14.6. The second kappa shape index (κ2) is 4.29. The van der Waals surface area contributed by atoms with Crippen LogP contribution in [0.3, 0.4) is 0 Å². The number of nitrogens with zero attached hydrogens (tertiary/aromatic N) is 4. The highest BCUT2D eigenvalue weighted by atomic mass is 16.6. The molecule has 4 rings (SSSR count). The Kier molecular flexibility index (Phi) is 2.52. The Morgan fingerprint density at radius 2 is 2.19 bits per heavy atom. The van der Waals surface area contributed by atoms with Crippen molar-refractivity contribution in [2.45, 2.75) is 12.6 Å². The first-order valence-electron chi connectivity index (χ1n) is 6.93. The Hall–Kier alpha value is -2.41. The third-order valence-corrected chi connectivity index (χ3v) is 4.27. The molecule has 0 atom stereocenters. The van der Waals surface area contributed by atoms with Crippen molar-refractivity contribution in [1.82, 2.24) is 15.1 Å². The van der Waals surface area contributed by atoms with Crippen LogP contribution in [0.4, 0.5) is 11.4 Å². The van der Waals surface area contributed by atoms with Gasteiger partial charge in [0.1, 0.15) is 5.69 Å². The summed E-state index contributed by atoms with van der Waals surface area (Å²) in [7, 11) is 1.89. The van der Waals surface area contributed by atoms with Crippen LogP contribution in [-0.4, -0.2) is 34.8 Å². The van der Waals surface area contributed by atoms with E-state index >= 15 is 0 Å². The molecular formula is C14H15N5O2. The van der Waals surface area contributed by atoms with E-state index in [0.29, 0.717) is 18.3 Å². The van der Waals surface area contributed by atoms with Crippen LogP contribution < -0.4 is 10.2 Å². The molecule has 2 aliphatic rings. The molecule has 2 aromatic rings. The lowest BCUT2D eigenvalue weighted by atomic mass is 9.97. The van der Waals surface area contributed by atoms with Crippen molar-refractivity contribution in [1.29, 1.82) is 0 Å². The van der Waals surface area contributed by atoms with E-state index < -0.39 is 0 Å². The number of benzene rings is 1. The minimum atomic E-state index is -0.319. The van der Waals surface area contributed by atoms with Crippen molar-refractivity contribution < 1.29 is 4.92 Å². The monoisotopic (exact) mass is 285 g/mol. The van der Waals surface area contributed by atoms with Gasteiger partial charge in [0.15, 0.2) is 0 Å². The SMILES string of the molecule is CN1Cc2c(cnn2C2CNC2)-c2cccc([N+](=O)[O-])c21. The van der Waals surface area contributed by atoms with Gasteiger partial charge < -0.3 is 10.2 Å². The van der Waals surface area contributed by atoms with Crippen molar-refractivity contribution in [3.05, 3.63) is 40.2 Å². The zero-order valence-corrected chi connectivity index (χ0v) is 11.6. The first kappa shape index (κ1) is 12.3. The number of hydrogen-bond donors (Lipinski definition) is 1. The summed E-state index contributed by atoms with van der Waals surface area (Å²) in [5.74, 6) is 0. The Morgan fingerprint density at radius 3 is 2.86 bits per heavy atom. The van der Waals surface area contributed by atoms with E-state index in [-0.39, 0.29) is 10.6 Å². The van der Waals surface area contributed by atoms with Gasteiger partial charge in [-0.2, -0.15) is 5.10 Å². The molecule has 0 radical (unpaired) electrons. The van der Waals surface area contributed by atoms with Crippen LogP contribution in [0.1, 0.15) is 11.7 Å². The van der Waals surface area contributed by atoms with E-state index in [1.807, 2.05) is 24.2 Å². The van der Waals surface area contributed by atoms with Crippen LogP contribution in [0.15, 0.2) is 24.4 Å². The molecule has 0 spiro atoms. The van der Waals surface area contributed by atoms with E-state index in [2.05, 4.69) is 15.1 Å². The summed E-state index contributed by atoms with van der Waals surface area (Å²) in [6.45, 7) is 2.50. The first-order chi connectivity index (χ1) is 10.2. The Labute approximate surface area is 121 Å². The lowest BCUT2D eigenvalue weighted by Gasteiger charge is -2.32. The summed E-state index contributed by atoms with van der Waals surface area (Å²) in [5.41, 5.74) is 3.88. The number of rotatable bonds is 2. The molecule has 0 aliphatic carbocycles. The molecule has 7 heteroatoms. The normalized spacial score (nSPS) is 17.1. The van der Waals surface area contributed by atoms with Crippen molar-refractivity contribution in [2.24, 2.45) is 0 Å². The molecule has 3 heterocycles. The summed E-state index contributed by atoms with van der Waals surface area (Å²) < 4.78 is 2.06. The van der Waals surface area contributed by atoms with Crippen molar-refractivity contribution in [3.8, 4) is 11.1 Å². The Balaban J connectivity index is 1.90. The largest absolute Gasteiger partial charge is 0.363 e. The number of aromatic nitrogens is 2. The fraction of sp³-hybridized carbons (Fsp3) is 0.357. The molecule has 1 aromatic carbocycles. The molecule has 7 nitrogen and oxygen atoms in total. The third-order valence-electron chi connectivity index (χ3n) is 4.27. The second-order valence-electron chi connectivity index (χ2n) is 5.55. The number of hydrogen-bond acceptors (Lipinski definition) is 5. The fourth-order valence-electron chi connectivity index (χ4n) is 3.13. The van der Waals surface area contributed by atoms with Crippen molar-refractivity contribution >= 4 is 11.4 Å². The number of nitro benzene ring substituents is 1. The molecule has 1 N–H and O–H groups in total. The maximum atomic E-state index is 11.2. The number of para-hydroxylation sites is 1. The molecule has 1 saturated heterocycles. The van der Waals surface area contributed by atoms with Crippen LogP contribution in [0.5, 0.6) is 0 Å². The van der Waals surface area contributed by atoms with Crippen LogP contribution >= 0.6 is 0 Å². The van der Waals surface area contributed by atoms with E-state index in [0.717, 1.165) is 29.9 Å². The van der Waals surface area contributed by atoms with E-state index in [1.54, 1.807) is 12.1 Å². The molecule has 0 unspecified atom stereocenters. The molecule has 108 valence electrons. The molecule has 21 heavy (non-hydrogen) atoms. The second-order valence-corrected chi connectivity index (χ2v) is 5.55. The lowest BCUT2D eigenvalue weighted by molar-refractivity contribution is -0.384. The topological polar surface area (TPSA) is 76.2 Å². The van der Waals surface area contributed by atoms with Crippen LogP contribution in [0.25, 0.3) is 11.1 Å². The molecule has 2 aliphatic heterocycles. The summed E-state index contributed by atoms with van der Waals surface area (Å²) in [4.78, 5) is 12.9. The molecule has 0 amide bonds. The van der Waals surface area contributed by atoms with Crippen LogP contribution in [0, 0.1) is 10.1 Å². The Morgan fingerprint density at radius 1 is 1.38 bits per heavy atom. The van der Waals surface area contributed by atoms with Gasteiger partial charge in [0.25, 0.3) is 5.69 Å². The predicted molar refractivity (Wildman–Crippen MR) is 78.3 cm³/mol. The summed E-state index contributed by atoms with van der Waals surface area (Å²) >= 11 is 0. The molecule has 0 bridgehead atoms. The van der Waals surface area contributed by atoms with Gasteiger partial charge in [0.2, 0.25) is 0 Å². The average molecular weight is 285 g/mol.